The highest BCUT2D eigenvalue weighted by Gasteiger charge is 2.39. The van der Waals surface area contributed by atoms with Gasteiger partial charge in [-0.15, -0.1) is 0 Å². The van der Waals surface area contributed by atoms with Gasteiger partial charge in [-0.25, -0.2) is 0 Å². The second-order valence-electron chi connectivity index (χ2n) is 5.10. The van der Waals surface area contributed by atoms with Crippen LogP contribution in [-0.4, -0.2) is 38.8 Å². The van der Waals surface area contributed by atoms with Crippen LogP contribution in [0.15, 0.2) is 18.2 Å². The number of carbonyl (C=O) groups is 1. The van der Waals surface area contributed by atoms with Crippen LogP contribution in [0.25, 0.3) is 0 Å². The Balaban J connectivity index is 2.26. The van der Waals surface area contributed by atoms with Crippen LogP contribution < -0.4 is 0 Å². The van der Waals surface area contributed by atoms with Crippen molar-refractivity contribution in [3.63, 3.8) is 0 Å². The zero-order valence-electron chi connectivity index (χ0n) is 11.1. The maximum Gasteiger partial charge on any atom is 0.308 e. The molecule has 1 aliphatic heterocycles. The molecule has 1 heterocycles. The molecule has 0 spiro atoms. The number of phenolic OH excluding ortho intramolecular Hbond substituents is 2. The van der Waals surface area contributed by atoms with Crippen LogP contribution in [-0.2, 0) is 4.79 Å². The minimum Gasteiger partial charge on any atom is -0.507 e. The van der Waals surface area contributed by atoms with E-state index < -0.39 is 11.9 Å². The molecule has 0 saturated carbocycles. The van der Waals surface area contributed by atoms with E-state index in [1.807, 2.05) is 18.7 Å². The molecule has 0 aromatic heterocycles. The number of carboxylic acids is 1. The van der Waals surface area contributed by atoms with Crippen LogP contribution in [0.5, 0.6) is 11.5 Å². The van der Waals surface area contributed by atoms with E-state index in [9.17, 15) is 15.0 Å². The molecule has 2 rings (SSSR count). The average molecular weight is 265 g/mol. The van der Waals surface area contributed by atoms with Crippen molar-refractivity contribution >= 4 is 5.97 Å². The summed E-state index contributed by atoms with van der Waals surface area (Å²) in [5, 5.41) is 28.9. The molecular formula is C14H19NO4. The monoisotopic (exact) mass is 265 g/mol. The van der Waals surface area contributed by atoms with Crippen molar-refractivity contribution in [3.05, 3.63) is 23.8 Å². The van der Waals surface area contributed by atoms with Crippen molar-refractivity contribution in [2.45, 2.75) is 32.4 Å². The topological polar surface area (TPSA) is 81.0 Å². The second-order valence-corrected chi connectivity index (χ2v) is 5.10. The lowest BCUT2D eigenvalue weighted by molar-refractivity contribution is -0.142. The summed E-state index contributed by atoms with van der Waals surface area (Å²) in [7, 11) is 0. The summed E-state index contributed by atoms with van der Waals surface area (Å²) in [6.07, 6.45) is 0.592. The zero-order valence-corrected chi connectivity index (χ0v) is 11.1. The second kappa shape index (κ2) is 5.09. The molecule has 1 aliphatic rings. The van der Waals surface area contributed by atoms with E-state index in [0.29, 0.717) is 18.5 Å². The van der Waals surface area contributed by atoms with Crippen LogP contribution >= 0.6 is 0 Å². The van der Waals surface area contributed by atoms with E-state index in [-0.39, 0.29) is 23.6 Å². The molecule has 104 valence electrons. The SMILES string of the molecule is CC(c1c(O)cccc1O)N1CCC(C(=O)O)C1C. The zero-order chi connectivity index (χ0) is 14.2. The highest BCUT2D eigenvalue weighted by atomic mass is 16.4. The third kappa shape index (κ3) is 2.38. The fourth-order valence-corrected chi connectivity index (χ4v) is 2.98. The number of aromatic hydroxyl groups is 2. The first kappa shape index (κ1) is 13.7. The molecule has 19 heavy (non-hydrogen) atoms. The van der Waals surface area contributed by atoms with Crippen molar-refractivity contribution in [2.24, 2.45) is 5.92 Å². The van der Waals surface area contributed by atoms with Crippen molar-refractivity contribution in [3.8, 4) is 11.5 Å². The van der Waals surface area contributed by atoms with Gasteiger partial charge in [0.1, 0.15) is 11.5 Å². The van der Waals surface area contributed by atoms with Crippen molar-refractivity contribution in [2.75, 3.05) is 6.54 Å². The fraction of sp³-hybridized carbons (Fsp3) is 0.500. The summed E-state index contributed by atoms with van der Waals surface area (Å²) in [6, 6.07) is 4.29. The molecule has 3 N–H and O–H groups in total. The molecule has 3 unspecified atom stereocenters. The number of phenols is 2. The van der Waals surface area contributed by atoms with Gasteiger partial charge in [-0.3, -0.25) is 9.69 Å². The molecule has 1 aromatic carbocycles. The van der Waals surface area contributed by atoms with Crippen LogP contribution in [0.3, 0.4) is 0 Å². The lowest BCUT2D eigenvalue weighted by atomic mass is 10.00. The Kier molecular flexibility index (Phi) is 3.66. The van der Waals surface area contributed by atoms with Gasteiger partial charge in [0.2, 0.25) is 0 Å². The predicted octanol–water partition coefficient (Wildman–Crippen LogP) is 1.95. The van der Waals surface area contributed by atoms with Crippen LogP contribution in [0.1, 0.15) is 31.9 Å². The van der Waals surface area contributed by atoms with Gasteiger partial charge in [0.15, 0.2) is 0 Å². The lowest BCUT2D eigenvalue weighted by Gasteiger charge is -2.30. The van der Waals surface area contributed by atoms with E-state index in [1.165, 1.54) is 12.1 Å². The Labute approximate surface area is 112 Å². The molecule has 1 aromatic rings. The number of benzene rings is 1. The van der Waals surface area contributed by atoms with Crippen molar-refractivity contribution < 1.29 is 20.1 Å². The maximum absolute atomic E-state index is 11.1. The van der Waals surface area contributed by atoms with E-state index in [4.69, 9.17) is 5.11 Å². The quantitative estimate of drug-likeness (QED) is 0.778. The molecule has 0 radical (unpaired) electrons. The molecule has 1 fully saturated rings. The molecule has 0 bridgehead atoms. The summed E-state index contributed by atoms with van der Waals surface area (Å²) in [5.74, 6) is -1.10. The number of nitrogens with zero attached hydrogens (tertiary/aromatic N) is 1. The Morgan fingerprint density at radius 3 is 2.42 bits per heavy atom. The van der Waals surface area contributed by atoms with E-state index in [2.05, 4.69) is 0 Å². The van der Waals surface area contributed by atoms with Gasteiger partial charge in [-0.05, 0) is 38.9 Å². The molecule has 5 heteroatoms. The van der Waals surface area contributed by atoms with Gasteiger partial charge in [-0.1, -0.05) is 6.07 Å². The van der Waals surface area contributed by atoms with Gasteiger partial charge >= 0.3 is 5.97 Å². The number of hydrogen-bond donors (Lipinski definition) is 3. The average Bonchev–Trinajstić information content (AvgIpc) is 2.70. The number of carboxylic acid groups (broad SMARTS) is 1. The number of rotatable bonds is 3. The molecule has 5 nitrogen and oxygen atoms in total. The smallest absolute Gasteiger partial charge is 0.308 e. The van der Waals surface area contributed by atoms with E-state index in [1.54, 1.807) is 6.07 Å². The summed E-state index contributed by atoms with van der Waals surface area (Å²) < 4.78 is 0. The highest BCUT2D eigenvalue weighted by Crippen LogP contribution is 2.39. The number of hydrogen-bond acceptors (Lipinski definition) is 4. The number of aliphatic carboxylic acids is 1. The molecule has 3 atom stereocenters. The molecule has 1 saturated heterocycles. The highest BCUT2D eigenvalue weighted by molar-refractivity contribution is 5.71. The molecule has 0 aliphatic carbocycles. The molecular weight excluding hydrogens is 246 g/mol. The van der Waals surface area contributed by atoms with Crippen LogP contribution in [0.2, 0.25) is 0 Å². The van der Waals surface area contributed by atoms with Crippen molar-refractivity contribution in [1.29, 1.82) is 0 Å². The number of likely N-dealkylation sites (tertiary alicyclic amines) is 1. The third-order valence-electron chi connectivity index (χ3n) is 4.10. The fourth-order valence-electron chi connectivity index (χ4n) is 2.98. The summed E-state index contributed by atoms with van der Waals surface area (Å²) >= 11 is 0. The normalized spacial score (nSPS) is 25.4. The Morgan fingerprint density at radius 2 is 1.95 bits per heavy atom. The first-order chi connectivity index (χ1) is 8.93. The van der Waals surface area contributed by atoms with Gasteiger partial charge in [-0.2, -0.15) is 0 Å². The first-order valence-electron chi connectivity index (χ1n) is 6.43. The Hall–Kier alpha value is -1.75. The van der Waals surface area contributed by atoms with E-state index in [0.717, 1.165) is 0 Å². The standard InChI is InChI=1S/C14H19NO4/c1-8-10(14(18)19)6-7-15(8)9(2)13-11(16)4-3-5-12(13)17/h3-5,8-10,16-17H,6-7H2,1-2H3,(H,18,19). The lowest BCUT2D eigenvalue weighted by Crippen LogP contribution is -2.34. The Bertz CT molecular complexity index is 468. The van der Waals surface area contributed by atoms with Gasteiger partial charge in [0.25, 0.3) is 0 Å². The van der Waals surface area contributed by atoms with Gasteiger partial charge in [0.05, 0.1) is 11.5 Å². The van der Waals surface area contributed by atoms with Gasteiger partial charge < -0.3 is 15.3 Å². The summed E-state index contributed by atoms with van der Waals surface area (Å²) in [6.45, 7) is 4.39. The van der Waals surface area contributed by atoms with Gasteiger partial charge in [0, 0.05) is 12.1 Å². The summed E-state index contributed by atoms with van der Waals surface area (Å²) in [4.78, 5) is 13.1. The first-order valence-corrected chi connectivity index (χ1v) is 6.43. The molecule has 0 amide bonds. The van der Waals surface area contributed by atoms with Crippen LogP contribution in [0, 0.1) is 5.92 Å². The minimum absolute atomic E-state index is 0.0403. The maximum atomic E-state index is 11.1. The Morgan fingerprint density at radius 1 is 1.37 bits per heavy atom. The van der Waals surface area contributed by atoms with Crippen molar-refractivity contribution in [1.82, 2.24) is 4.90 Å². The minimum atomic E-state index is -0.788. The summed E-state index contributed by atoms with van der Waals surface area (Å²) in [5.41, 5.74) is 0.459. The predicted molar refractivity (Wildman–Crippen MR) is 70.1 cm³/mol. The third-order valence-corrected chi connectivity index (χ3v) is 4.10. The van der Waals surface area contributed by atoms with Crippen LogP contribution in [0.4, 0.5) is 0 Å². The van der Waals surface area contributed by atoms with E-state index >= 15 is 0 Å². The largest absolute Gasteiger partial charge is 0.507 e.